The topological polar surface area (TPSA) is 69.0 Å². The van der Waals surface area contributed by atoms with Crippen LogP contribution in [-0.4, -0.2) is 27.3 Å². The number of nitrogens with one attached hydrogen (secondary N) is 1. The van der Waals surface area contributed by atoms with E-state index in [4.69, 9.17) is 4.74 Å². The lowest BCUT2D eigenvalue weighted by atomic mass is 10.0. The number of aromatic nitrogens is 3. The molecule has 0 atom stereocenters. The van der Waals surface area contributed by atoms with Gasteiger partial charge in [-0.3, -0.25) is 4.79 Å². The zero-order chi connectivity index (χ0) is 23.6. The summed E-state index contributed by atoms with van der Waals surface area (Å²) in [7, 11) is 1.48. The molecule has 0 saturated carbocycles. The number of halogens is 4. The van der Waals surface area contributed by atoms with Crippen molar-refractivity contribution in [3.05, 3.63) is 77.6 Å². The minimum absolute atomic E-state index is 0.0288. The predicted molar refractivity (Wildman–Crippen MR) is 113 cm³/mol. The van der Waals surface area contributed by atoms with E-state index in [2.05, 4.69) is 15.4 Å². The van der Waals surface area contributed by atoms with Gasteiger partial charge in [-0.05, 0) is 17.7 Å². The Morgan fingerprint density at radius 3 is 2.55 bits per heavy atom. The highest BCUT2D eigenvalue weighted by atomic mass is 19.4. The molecule has 170 valence electrons. The van der Waals surface area contributed by atoms with Crippen LogP contribution in [0.2, 0.25) is 0 Å². The summed E-state index contributed by atoms with van der Waals surface area (Å²) in [6, 6.07) is 14.9. The Bertz CT molecular complexity index is 1300. The number of alkyl halides is 3. The summed E-state index contributed by atoms with van der Waals surface area (Å²) in [5, 5.41) is 6.59. The number of benzene rings is 2. The van der Waals surface area contributed by atoms with E-state index in [-0.39, 0.29) is 29.2 Å². The van der Waals surface area contributed by atoms with Gasteiger partial charge in [0, 0.05) is 25.2 Å². The third kappa shape index (κ3) is 4.94. The maximum absolute atomic E-state index is 13.9. The number of rotatable bonds is 6. The third-order valence-corrected chi connectivity index (χ3v) is 4.85. The van der Waals surface area contributed by atoms with E-state index in [1.807, 2.05) is 0 Å². The Morgan fingerprint density at radius 1 is 1.09 bits per heavy atom. The van der Waals surface area contributed by atoms with Crippen molar-refractivity contribution in [1.82, 2.24) is 20.1 Å². The quantitative estimate of drug-likeness (QED) is 0.433. The molecule has 0 aliphatic carbocycles. The number of hydrogen-bond donors (Lipinski definition) is 1. The van der Waals surface area contributed by atoms with Crippen LogP contribution in [0.4, 0.5) is 17.6 Å². The summed E-state index contributed by atoms with van der Waals surface area (Å²) in [6.07, 6.45) is -4.70. The van der Waals surface area contributed by atoms with Gasteiger partial charge in [-0.15, -0.1) is 0 Å². The van der Waals surface area contributed by atoms with Gasteiger partial charge < -0.3 is 10.1 Å². The van der Waals surface area contributed by atoms with Crippen molar-refractivity contribution >= 4 is 16.9 Å². The van der Waals surface area contributed by atoms with Crippen LogP contribution in [0.15, 0.2) is 60.7 Å². The van der Waals surface area contributed by atoms with Crippen LogP contribution in [0.5, 0.6) is 5.88 Å². The number of aryl methyl sites for hydroxylation is 1. The molecule has 33 heavy (non-hydrogen) atoms. The number of nitrogens with zero attached hydrogens (tertiary/aromatic N) is 3. The number of carbonyl (C=O) groups excluding carboxylic acids is 1. The predicted octanol–water partition coefficient (Wildman–Crippen LogP) is 4.49. The largest absolute Gasteiger partial charge is 0.467 e. The molecular weight excluding hydrogens is 440 g/mol. The van der Waals surface area contributed by atoms with Gasteiger partial charge in [0.05, 0.1) is 10.9 Å². The highest BCUT2D eigenvalue weighted by Gasteiger charge is 2.36. The normalized spacial score (nSPS) is 11.5. The van der Waals surface area contributed by atoms with E-state index < -0.39 is 30.1 Å². The number of ether oxygens (including phenoxy) is 1. The van der Waals surface area contributed by atoms with Gasteiger partial charge in [0.15, 0.2) is 12.3 Å². The minimum Gasteiger partial charge on any atom is -0.467 e. The van der Waals surface area contributed by atoms with E-state index in [1.54, 1.807) is 36.4 Å². The summed E-state index contributed by atoms with van der Waals surface area (Å²) in [5.41, 5.74) is 0.201. The molecule has 4 rings (SSSR count). The first-order valence-corrected chi connectivity index (χ1v) is 9.86. The van der Waals surface area contributed by atoms with Gasteiger partial charge >= 0.3 is 6.18 Å². The molecule has 2 aromatic carbocycles. The summed E-state index contributed by atoms with van der Waals surface area (Å²) in [5.74, 6) is -1.40. The first-order chi connectivity index (χ1) is 15.7. The van der Waals surface area contributed by atoms with Crippen LogP contribution < -0.4 is 10.1 Å². The summed E-state index contributed by atoms with van der Waals surface area (Å²) >= 11 is 0. The van der Waals surface area contributed by atoms with Crippen molar-refractivity contribution in [1.29, 1.82) is 0 Å². The van der Waals surface area contributed by atoms with E-state index in [9.17, 15) is 22.4 Å². The maximum Gasteiger partial charge on any atom is 0.417 e. The molecule has 0 spiro atoms. The molecule has 2 heterocycles. The van der Waals surface area contributed by atoms with Crippen molar-refractivity contribution < 1.29 is 27.1 Å². The number of pyridine rings is 1. The molecule has 0 bridgehead atoms. The zero-order valence-corrected chi connectivity index (χ0v) is 17.4. The molecule has 10 heteroatoms. The first-order valence-electron chi connectivity index (χ1n) is 9.86. The molecule has 4 aromatic rings. The summed E-state index contributed by atoms with van der Waals surface area (Å²) in [4.78, 5) is 16.2. The number of hydrogen-bond acceptors (Lipinski definition) is 4. The molecular formula is C23H18F4N4O2. The van der Waals surface area contributed by atoms with E-state index in [0.29, 0.717) is 11.1 Å². The van der Waals surface area contributed by atoms with E-state index in [0.717, 1.165) is 6.07 Å². The van der Waals surface area contributed by atoms with Gasteiger partial charge in [-0.1, -0.05) is 42.5 Å². The van der Waals surface area contributed by atoms with Crippen LogP contribution in [0.1, 0.15) is 11.1 Å². The number of amides is 1. The second-order valence-corrected chi connectivity index (χ2v) is 7.24. The molecule has 6 nitrogen and oxygen atoms in total. The van der Waals surface area contributed by atoms with Crippen LogP contribution >= 0.6 is 0 Å². The molecule has 0 saturated heterocycles. The molecule has 0 fully saturated rings. The van der Waals surface area contributed by atoms with Crippen LogP contribution in [-0.2, 0) is 24.6 Å². The van der Waals surface area contributed by atoms with Crippen molar-refractivity contribution in [2.24, 2.45) is 7.05 Å². The highest BCUT2D eigenvalue weighted by molar-refractivity contribution is 5.94. The standard InChI is InChI=1S/C23H18F4N4O2/c1-31-22-20(21(30-31)15-7-3-2-4-8-15)17(23(25,26)27)11-19(29-22)33-13-18(32)28-12-14-6-5-9-16(24)10-14/h2-11H,12-13H2,1H3,(H,28,32). The molecule has 2 aromatic heterocycles. The Kier molecular flexibility index (Phi) is 5.99. The zero-order valence-electron chi connectivity index (χ0n) is 17.4. The lowest BCUT2D eigenvalue weighted by molar-refractivity contribution is -0.136. The fraction of sp³-hybridized carbons (Fsp3) is 0.174. The van der Waals surface area contributed by atoms with Crippen molar-refractivity contribution in [3.63, 3.8) is 0 Å². The Hall–Kier alpha value is -3.95. The van der Waals surface area contributed by atoms with Gasteiger partial charge in [0.25, 0.3) is 5.91 Å². The smallest absolute Gasteiger partial charge is 0.417 e. The average Bonchev–Trinajstić information content (AvgIpc) is 3.12. The van der Waals surface area contributed by atoms with E-state index >= 15 is 0 Å². The van der Waals surface area contributed by atoms with Crippen LogP contribution in [0.3, 0.4) is 0 Å². The van der Waals surface area contributed by atoms with Gasteiger partial charge in [0.1, 0.15) is 11.5 Å². The third-order valence-electron chi connectivity index (χ3n) is 4.85. The fourth-order valence-electron chi connectivity index (χ4n) is 3.36. The Morgan fingerprint density at radius 2 is 1.85 bits per heavy atom. The lowest BCUT2D eigenvalue weighted by Gasteiger charge is -2.12. The average molecular weight is 458 g/mol. The monoisotopic (exact) mass is 458 g/mol. The molecule has 0 aliphatic rings. The minimum atomic E-state index is -4.70. The fourth-order valence-corrected chi connectivity index (χ4v) is 3.36. The maximum atomic E-state index is 13.9. The summed E-state index contributed by atoms with van der Waals surface area (Å²) in [6.45, 7) is -0.517. The molecule has 0 unspecified atom stereocenters. The van der Waals surface area contributed by atoms with Gasteiger partial charge in [-0.2, -0.15) is 23.3 Å². The second-order valence-electron chi connectivity index (χ2n) is 7.24. The Labute approximate surface area is 185 Å². The first kappa shape index (κ1) is 22.3. The molecule has 0 aliphatic heterocycles. The second kappa shape index (κ2) is 8.89. The van der Waals surface area contributed by atoms with E-state index in [1.165, 1.54) is 29.9 Å². The van der Waals surface area contributed by atoms with Gasteiger partial charge in [-0.25, -0.2) is 9.07 Å². The molecule has 1 amide bonds. The SMILES string of the molecule is Cn1nc(-c2ccccc2)c2c(C(F)(F)F)cc(OCC(=O)NCc3cccc(F)c3)nc21. The van der Waals surface area contributed by atoms with Crippen molar-refractivity contribution in [2.45, 2.75) is 12.7 Å². The van der Waals surface area contributed by atoms with Crippen LogP contribution in [0.25, 0.3) is 22.3 Å². The highest BCUT2D eigenvalue weighted by Crippen LogP contribution is 2.40. The molecule has 0 radical (unpaired) electrons. The lowest BCUT2D eigenvalue weighted by Crippen LogP contribution is -2.28. The number of fused-ring (bicyclic) bond motifs is 1. The van der Waals surface area contributed by atoms with Gasteiger partial charge in [0.2, 0.25) is 5.88 Å². The summed E-state index contributed by atoms with van der Waals surface area (Å²) < 4.78 is 61.5. The van der Waals surface area contributed by atoms with Crippen molar-refractivity contribution in [3.8, 4) is 17.1 Å². The Balaban J connectivity index is 1.59. The van der Waals surface area contributed by atoms with Crippen molar-refractivity contribution in [2.75, 3.05) is 6.61 Å². The van der Waals surface area contributed by atoms with Crippen LogP contribution in [0, 0.1) is 5.82 Å². The molecule has 1 N–H and O–H groups in total. The number of carbonyl (C=O) groups is 1.